The van der Waals surface area contributed by atoms with Gasteiger partial charge in [-0.2, -0.15) is 0 Å². The molecule has 4 aromatic rings. The number of carbonyl (C=O) groups excluding carboxylic acids is 1. The van der Waals surface area contributed by atoms with Crippen molar-refractivity contribution in [1.29, 1.82) is 0 Å². The Morgan fingerprint density at radius 2 is 1.59 bits per heavy atom. The van der Waals surface area contributed by atoms with Gasteiger partial charge in [0.05, 0.1) is 4.92 Å². The summed E-state index contributed by atoms with van der Waals surface area (Å²) < 4.78 is 1.96. The van der Waals surface area contributed by atoms with Crippen molar-refractivity contribution in [1.82, 2.24) is 14.8 Å². The average molecular weight is 446 g/mol. The first kappa shape index (κ1) is 21.3. The Balaban J connectivity index is 1.49. The quantitative estimate of drug-likeness (QED) is 0.233. The van der Waals surface area contributed by atoms with Crippen molar-refractivity contribution >= 4 is 29.0 Å². The van der Waals surface area contributed by atoms with Gasteiger partial charge in [-0.05, 0) is 18.2 Å². The highest BCUT2D eigenvalue weighted by atomic mass is 32.2. The average Bonchev–Trinajstić information content (AvgIpc) is 3.24. The van der Waals surface area contributed by atoms with Crippen LogP contribution in [0, 0.1) is 10.1 Å². The SMILES string of the molecule is O=C(CCSc1nnc(-c2ccccc2)n1-c1ccccc1)Nc1ccccc1[N+](=O)[O-]. The van der Waals surface area contributed by atoms with Gasteiger partial charge in [-0.25, -0.2) is 0 Å². The molecule has 1 aromatic heterocycles. The van der Waals surface area contributed by atoms with E-state index in [-0.39, 0.29) is 23.7 Å². The number of rotatable bonds is 8. The second-order valence-electron chi connectivity index (χ2n) is 6.76. The van der Waals surface area contributed by atoms with E-state index in [2.05, 4.69) is 15.5 Å². The molecule has 0 radical (unpaired) electrons. The van der Waals surface area contributed by atoms with Crippen LogP contribution in [-0.4, -0.2) is 31.3 Å². The zero-order chi connectivity index (χ0) is 22.3. The lowest BCUT2D eigenvalue weighted by atomic mass is 10.2. The summed E-state index contributed by atoms with van der Waals surface area (Å²) in [6.45, 7) is 0. The molecule has 0 fully saturated rings. The molecule has 0 aliphatic rings. The summed E-state index contributed by atoms with van der Waals surface area (Å²) in [5, 5.41) is 23.1. The van der Waals surface area contributed by atoms with Crippen molar-refractivity contribution in [3.8, 4) is 17.1 Å². The molecule has 1 N–H and O–H groups in total. The number of nitro benzene ring substituents is 1. The van der Waals surface area contributed by atoms with Gasteiger partial charge in [0.2, 0.25) is 5.91 Å². The molecule has 9 heteroatoms. The first-order chi connectivity index (χ1) is 15.6. The van der Waals surface area contributed by atoms with Crippen LogP contribution < -0.4 is 5.32 Å². The van der Waals surface area contributed by atoms with Crippen LogP contribution in [0.3, 0.4) is 0 Å². The molecule has 160 valence electrons. The van der Waals surface area contributed by atoms with Crippen LogP contribution in [0.2, 0.25) is 0 Å². The van der Waals surface area contributed by atoms with Crippen LogP contribution in [-0.2, 0) is 4.79 Å². The van der Waals surface area contributed by atoms with Crippen molar-refractivity contribution in [3.63, 3.8) is 0 Å². The van der Waals surface area contributed by atoms with Crippen LogP contribution >= 0.6 is 11.8 Å². The predicted molar refractivity (Wildman–Crippen MR) is 124 cm³/mol. The molecule has 0 saturated carbocycles. The molecule has 0 atom stereocenters. The fourth-order valence-corrected chi connectivity index (χ4v) is 4.02. The van der Waals surface area contributed by atoms with E-state index in [0.29, 0.717) is 16.7 Å². The lowest BCUT2D eigenvalue weighted by Gasteiger charge is -2.10. The number of anilines is 1. The molecule has 8 nitrogen and oxygen atoms in total. The highest BCUT2D eigenvalue weighted by molar-refractivity contribution is 7.99. The molecule has 0 unspecified atom stereocenters. The largest absolute Gasteiger partial charge is 0.320 e. The Kier molecular flexibility index (Phi) is 6.57. The number of nitrogens with zero attached hydrogens (tertiary/aromatic N) is 4. The van der Waals surface area contributed by atoms with Crippen LogP contribution in [0.15, 0.2) is 90.1 Å². The number of thioether (sulfide) groups is 1. The highest BCUT2D eigenvalue weighted by Crippen LogP contribution is 2.28. The molecule has 32 heavy (non-hydrogen) atoms. The minimum Gasteiger partial charge on any atom is -0.320 e. The molecule has 1 heterocycles. The van der Waals surface area contributed by atoms with Gasteiger partial charge in [-0.3, -0.25) is 19.5 Å². The third-order valence-corrected chi connectivity index (χ3v) is 5.55. The zero-order valence-corrected chi connectivity index (χ0v) is 17.7. The fraction of sp³-hybridized carbons (Fsp3) is 0.0870. The number of hydrogen-bond acceptors (Lipinski definition) is 6. The Morgan fingerprint density at radius 1 is 0.938 bits per heavy atom. The fourth-order valence-electron chi connectivity index (χ4n) is 3.13. The van der Waals surface area contributed by atoms with Crippen molar-refractivity contribution < 1.29 is 9.72 Å². The first-order valence-corrected chi connectivity index (χ1v) is 10.8. The third kappa shape index (κ3) is 4.84. The molecule has 1 amide bonds. The van der Waals surface area contributed by atoms with Gasteiger partial charge in [-0.15, -0.1) is 10.2 Å². The number of aromatic nitrogens is 3. The maximum absolute atomic E-state index is 12.4. The monoisotopic (exact) mass is 445 g/mol. The van der Waals surface area contributed by atoms with Gasteiger partial charge >= 0.3 is 0 Å². The van der Waals surface area contributed by atoms with Gasteiger partial charge < -0.3 is 5.32 Å². The van der Waals surface area contributed by atoms with Gasteiger partial charge in [0.25, 0.3) is 5.69 Å². The minimum absolute atomic E-state index is 0.134. The van der Waals surface area contributed by atoms with E-state index >= 15 is 0 Å². The Hall–Kier alpha value is -3.98. The summed E-state index contributed by atoms with van der Waals surface area (Å²) >= 11 is 1.40. The minimum atomic E-state index is -0.516. The van der Waals surface area contributed by atoms with E-state index in [0.717, 1.165) is 11.3 Å². The lowest BCUT2D eigenvalue weighted by molar-refractivity contribution is -0.383. The molecular weight excluding hydrogens is 426 g/mol. The van der Waals surface area contributed by atoms with Crippen LogP contribution in [0.1, 0.15) is 6.42 Å². The predicted octanol–water partition coefficient (Wildman–Crippen LogP) is 4.96. The molecule has 4 rings (SSSR count). The number of nitro groups is 1. The van der Waals surface area contributed by atoms with Gasteiger partial charge in [0.1, 0.15) is 5.69 Å². The molecule has 0 bridgehead atoms. The van der Waals surface area contributed by atoms with Crippen LogP contribution in [0.5, 0.6) is 0 Å². The standard InChI is InChI=1S/C23H19N5O3S/c29-21(24-19-13-7-8-14-20(19)28(30)31)15-16-32-23-26-25-22(17-9-3-1-4-10-17)27(23)18-11-5-2-6-12-18/h1-14H,15-16H2,(H,24,29). The van der Waals surface area contributed by atoms with E-state index in [4.69, 9.17) is 0 Å². The van der Waals surface area contributed by atoms with Crippen molar-refractivity contribution in [2.45, 2.75) is 11.6 Å². The number of nitrogens with one attached hydrogen (secondary N) is 1. The van der Waals surface area contributed by atoms with Crippen LogP contribution in [0.25, 0.3) is 17.1 Å². The second-order valence-corrected chi connectivity index (χ2v) is 7.83. The molecule has 0 aliphatic carbocycles. The highest BCUT2D eigenvalue weighted by Gasteiger charge is 2.17. The number of carbonyl (C=O) groups is 1. The van der Waals surface area contributed by atoms with E-state index in [9.17, 15) is 14.9 Å². The third-order valence-electron chi connectivity index (χ3n) is 4.61. The second kappa shape index (κ2) is 9.88. The number of benzene rings is 3. The number of para-hydroxylation sites is 3. The first-order valence-electron chi connectivity index (χ1n) is 9.86. The number of amides is 1. The maximum Gasteiger partial charge on any atom is 0.292 e. The summed E-state index contributed by atoms with van der Waals surface area (Å²) in [6, 6.07) is 25.6. The van der Waals surface area contributed by atoms with Crippen molar-refractivity contribution in [3.05, 3.63) is 95.0 Å². The van der Waals surface area contributed by atoms with E-state index in [1.807, 2.05) is 65.2 Å². The van der Waals surface area contributed by atoms with E-state index in [1.54, 1.807) is 12.1 Å². The Labute approximate surface area is 188 Å². The van der Waals surface area contributed by atoms with Gasteiger partial charge in [0.15, 0.2) is 11.0 Å². The van der Waals surface area contributed by atoms with Gasteiger partial charge in [0, 0.05) is 29.5 Å². The zero-order valence-electron chi connectivity index (χ0n) is 16.9. The molecule has 3 aromatic carbocycles. The summed E-state index contributed by atoms with van der Waals surface area (Å²) in [7, 11) is 0. The van der Waals surface area contributed by atoms with Crippen molar-refractivity contribution in [2.75, 3.05) is 11.1 Å². The Bertz CT molecular complexity index is 1230. The molecule has 0 spiro atoms. The normalized spacial score (nSPS) is 10.6. The summed E-state index contributed by atoms with van der Waals surface area (Å²) in [5.74, 6) is 0.844. The van der Waals surface area contributed by atoms with E-state index < -0.39 is 4.92 Å². The molecule has 0 saturated heterocycles. The Morgan fingerprint density at radius 3 is 2.31 bits per heavy atom. The summed E-state index contributed by atoms with van der Waals surface area (Å²) in [6.07, 6.45) is 0.166. The topological polar surface area (TPSA) is 103 Å². The summed E-state index contributed by atoms with van der Waals surface area (Å²) in [4.78, 5) is 23.0. The maximum atomic E-state index is 12.4. The lowest BCUT2D eigenvalue weighted by Crippen LogP contribution is -2.13. The number of hydrogen-bond donors (Lipinski definition) is 1. The molecule has 0 aliphatic heterocycles. The summed E-state index contributed by atoms with van der Waals surface area (Å²) in [5.41, 5.74) is 1.91. The van der Waals surface area contributed by atoms with E-state index in [1.165, 1.54) is 23.9 Å². The smallest absolute Gasteiger partial charge is 0.292 e. The van der Waals surface area contributed by atoms with Crippen LogP contribution in [0.4, 0.5) is 11.4 Å². The van der Waals surface area contributed by atoms with Crippen molar-refractivity contribution in [2.24, 2.45) is 0 Å². The van der Waals surface area contributed by atoms with Gasteiger partial charge in [-0.1, -0.05) is 72.4 Å². The molecular formula is C23H19N5O3S.